The highest BCUT2D eigenvalue weighted by atomic mass is 16.5. The van der Waals surface area contributed by atoms with Crippen LogP contribution in [0.2, 0.25) is 0 Å². The van der Waals surface area contributed by atoms with Crippen molar-refractivity contribution in [3.8, 4) is 6.01 Å². The number of hydrogen-bond acceptors (Lipinski definition) is 5. The number of hydrogen-bond donors (Lipinski definition) is 1. The fourth-order valence-corrected chi connectivity index (χ4v) is 2.36. The quantitative estimate of drug-likeness (QED) is 0.746. The predicted molar refractivity (Wildman–Crippen MR) is 63.0 cm³/mol. The zero-order valence-electron chi connectivity index (χ0n) is 10.2. The highest BCUT2D eigenvalue weighted by Crippen LogP contribution is 2.21. The minimum Gasteiger partial charge on any atom is -0.464 e. The Morgan fingerprint density at radius 3 is 3.18 bits per heavy atom. The summed E-state index contributed by atoms with van der Waals surface area (Å²) in [6.45, 7) is 4.68. The second-order valence-corrected chi connectivity index (χ2v) is 4.73. The van der Waals surface area contributed by atoms with E-state index in [0.29, 0.717) is 6.01 Å². The van der Waals surface area contributed by atoms with Gasteiger partial charge in [-0.1, -0.05) is 0 Å². The zero-order chi connectivity index (χ0) is 11.7. The molecule has 94 valence electrons. The number of aromatic nitrogens is 3. The first-order chi connectivity index (χ1) is 8.34. The van der Waals surface area contributed by atoms with Crippen molar-refractivity contribution < 1.29 is 4.74 Å². The van der Waals surface area contributed by atoms with Crippen LogP contribution in [0.3, 0.4) is 0 Å². The van der Waals surface area contributed by atoms with Gasteiger partial charge in [-0.05, 0) is 19.9 Å². The Kier molecular flexibility index (Phi) is 2.98. The third kappa shape index (κ3) is 2.14. The monoisotopic (exact) mass is 237 g/mol. The summed E-state index contributed by atoms with van der Waals surface area (Å²) in [5.74, 6) is 0.886. The zero-order valence-corrected chi connectivity index (χ0v) is 10.2. The third-order valence-electron chi connectivity index (χ3n) is 3.46. The molecule has 0 aliphatic carbocycles. The maximum absolute atomic E-state index is 5.61. The minimum atomic E-state index is 0.270. The van der Waals surface area contributed by atoms with Crippen LogP contribution in [0.15, 0.2) is 0 Å². The van der Waals surface area contributed by atoms with E-state index in [0.717, 1.165) is 51.5 Å². The second kappa shape index (κ2) is 4.62. The molecular weight excluding hydrogens is 218 g/mol. The van der Waals surface area contributed by atoms with E-state index in [-0.39, 0.29) is 6.04 Å². The van der Waals surface area contributed by atoms with Gasteiger partial charge < -0.3 is 10.1 Å². The standard InChI is InChI=1S/C11H19N5O/c1-15-6-4-12-8-9(15)10-13-11-16(14-10)5-2-3-7-17-11/h9,12H,2-8H2,1H3. The lowest BCUT2D eigenvalue weighted by Gasteiger charge is -2.30. The summed E-state index contributed by atoms with van der Waals surface area (Å²) >= 11 is 0. The van der Waals surface area contributed by atoms with E-state index in [1.165, 1.54) is 0 Å². The van der Waals surface area contributed by atoms with Crippen molar-refractivity contribution in [3.63, 3.8) is 0 Å². The third-order valence-corrected chi connectivity index (χ3v) is 3.46. The summed E-state index contributed by atoms with van der Waals surface area (Å²) in [6.07, 6.45) is 2.21. The molecule has 1 fully saturated rings. The molecule has 0 spiro atoms. The normalized spacial score (nSPS) is 26.1. The molecule has 3 rings (SSSR count). The van der Waals surface area contributed by atoms with E-state index in [4.69, 9.17) is 4.74 Å². The van der Waals surface area contributed by atoms with E-state index in [1.807, 2.05) is 4.68 Å². The Labute approximate surface area is 101 Å². The lowest BCUT2D eigenvalue weighted by atomic mass is 10.2. The van der Waals surface area contributed by atoms with Crippen molar-refractivity contribution in [1.29, 1.82) is 0 Å². The molecular formula is C11H19N5O. The van der Waals surface area contributed by atoms with Crippen LogP contribution < -0.4 is 10.1 Å². The van der Waals surface area contributed by atoms with E-state index in [1.54, 1.807) is 0 Å². The van der Waals surface area contributed by atoms with Crippen LogP contribution in [0.25, 0.3) is 0 Å². The smallest absolute Gasteiger partial charge is 0.315 e. The fraction of sp³-hybridized carbons (Fsp3) is 0.818. The molecule has 0 aromatic carbocycles. The molecule has 1 N–H and O–H groups in total. The molecule has 6 heteroatoms. The van der Waals surface area contributed by atoms with Gasteiger partial charge in [-0.2, -0.15) is 10.1 Å². The van der Waals surface area contributed by atoms with E-state index >= 15 is 0 Å². The Morgan fingerprint density at radius 2 is 2.29 bits per heavy atom. The molecule has 17 heavy (non-hydrogen) atoms. The van der Waals surface area contributed by atoms with Crippen molar-refractivity contribution in [2.75, 3.05) is 33.3 Å². The van der Waals surface area contributed by atoms with Gasteiger partial charge in [-0.3, -0.25) is 4.90 Å². The van der Waals surface area contributed by atoms with Crippen molar-refractivity contribution >= 4 is 0 Å². The molecule has 0 amide bonds. The Bertz CT molecular complexity index is 368. The first-order valence-electron chi connectivity index (χ1n) is 6.33. The second-order valence-electron chi connectivity index (χ2n) is 4.73. The van der Waals surface area contributed by atoms with Gasteiger partial charge in [0, 0.05) is 26.2 Å². The average Bonchev–Trinajstić information content (AvgIpc) is 2.61. The number of nitrogens with zero attached hydrogens (tertiary/aromatic N) is 4. The van der Waals surface area contributed by atoms with E-state index in [9.17, 15) is 0 Å². The maximum Gasteiger partial charge on any atom is 0.315 e. The maximum atomic E-state index is 5.61. The number of nitrogens with one attached hydrogen (secondary N) is 1. The minimum absolute atomic E-state index is 0.270. The van der Waals surface area contributed by atoms with Gasteiger partial charge in [0.05, 0.1) is 12.6 Å². The molecule has 1 aromatic heterocycles. The number of aryl methyl sites for hydroxylation is 1. The highest BCUT2D eigenvalue weighted by molar-refractivity contribution is 5.05. The highest BCUT2D eigenvalue weighted by Gasteiger charge is 2.26. The number of ether oxygens (including phenoxy) is 1. The van der Waals surface area contributed by atoms with Gasteiger partial charge >= 0.3 is 6.01 Å². The van der Waals surface area contributed by atoms with Crippen LogP contribution >= 0.6 is 0 Å². The topological polar surface area (TPSA) is 55.2 Å². The van der Waals surface area contributed by atoms with Crippen LogP contribution in [0.5, 0.6) is 6.01 Å². The van der Waals surface area contributed by atoms with E-state index in [2.05, 4.69) is 27.3 Å². The van der Waals surface area contributed by atoms with Gasteiger partial charge in [-0.25, -0.2) is 4.68 Å². The SMILES string of the molecule is CN1CCNCC1c1nc2n(n1)CCCCO2. The van der Waals surface area contributed by atoms with Crippen molar-refractivity contribution in [2.45, 2.75) is 25.4 Å². The summed E-state index contributed by atoms with van der Waals surface area (Å²) in [7, 11) is 2.12. The Morgan fingerprint density at radius 1 is 1.35 bits per heavy atom. The van der Waals surface area contributed by atoms with Crippen LogP contribution in [-0.2, 0) is 6.54 Å². The molecule has 1 atom stereocenters. The van der Waals surface area contributed by atoms with E-state index < -0.39 is 0 Å². The first kappa shape index (κ1) is 11.0. The molecule has 2 aliphatic rings. The van der Waals surface area contributed by atoms with Gasteiger partial charge in [0.1, 0.15) is 0 Å². The van der Waals surface area contributed by atoms with Crippen molar-refractivity contribution in [2.24, 2.45) is 0 Å². The summed E-state index contributed by atoms with van der Waals surface area (Å²) in [6, 6.07) is 0.961. The predicted octanol–water partition coefficient (Wildman–Crippen LogP) is 0.0268. The Hall–Kier alpha value is -1.14. The molecule has 1 unspecified atom stereocenters. The number of rotatable bonds is 1. The molecule has 2 aliphatic heterocycles. The van der Waals surface area contributed by atoms with Crippen molar-refractivity contribution in [3.05, 3.63) is 5.82 Å². The number of likely N-dealkylation sites (N-methyl/N-ethyl adjacent to an activating group) is 1. The molecule has 6 nitrogen and oxygen atoms in total. The lowest BCUT2D eigenvalue weighted by molar-refractivity contribution is 0.193. The molecule has 0 radical (unpaired) electrons. The Balaban J connectivity index is 1.83. The molecule has 1 aromatic rings. The van der Waals surface area contributed by atoms with Crippen LogP contribution in [0.1, 0.15) is 24.7 Å². The molecule has 1 saturated heterocycles. The van der Waals surface area contributed by atoms with Gasteiger partial charge in [-0.15, -0.1) is 0 Å². The van der Waals surface area contributed by atoms with Gasteiger partial charge in [0.25, 0.3) is 0 Å². The lowest BCUT2D eigenvalue weighted by Crippen LogP contribution is -2.44. The van der Waals surface area contributed by atoms with Crippen molar-refractivity contribution in [1.82, 2.24) is 25.0 Å². The van der Waals surface area contributed by atoms with Crippen LogP contribution in [0, 0.1) is 0 Å². The molecule has 0 bridgehead atoms. The summed E-state index contributed by atoms with van der Waals surface area (Å²) in [5, 5.41) is 7.97. The van der Waals surface area contributed by atoms with Gasteiger partial charge in [0.2, 0.25) is 0 Å². The first-order valence-corrected chi connectivity index (χ1v) is 6.33. The van der Waals surface area contributed by atoms with Gasteiger partial charge in [0.15, 0.2) is 5.82 Å². The largest absolute Gasteiger partial charge is 0.464 e. The van der Waals surface area contributed by atoms with Crippen LogP contribution in [0.4, 0.5) is 0 Å². The summed E-state index contributed by atoms with van der Waals surface area (Å²) < 4.78 is 7.51. The summed E-state index contributed by atoms with van der Waals surface area (Å²) in [4.78, 5) is 6.83. The van der Waals surface area contributed by atoms with Crippen LogP contribution in [-0.4, -0.2) is 53.0 Å². The molecule has 3 heterocycles. The summed E-state index contributed by atoms with van der Waals surface area (Å²) in [5.41, 5.74) is 0. The average molecular weight is 237 g/mol. The number of piperazine rings is 1. The fourth-order valence-electron chi connectivity index (χ4n) is 2.36. The number of fused-ring (bicyclic) bond motifs is 1. The molecule has 0 saturated carbocycles.